The molecule has 0 spiro atoms. The SMILES string of the molecule is CCCCOCCC(N)C1CC1. The molecule has 0 aliphatic heterocycles. The van der Waals surface area contributed by atoms with Crippen molar-refractivity contribution in [1.29, 1.82) is 0 Å². The molecule has 0 amide bonds. The predicted octanol–water partition coefficient (Wildman–Crippen LogP) is 1.93. The van der Waals surface area contributed by atoms with Crippen LogP contribution in [0.15, 0.2) is 0 Å². The minimum absolute atomic E-state index is 0.409. The van der Waals surface area contributed by atoms with Crippen LogP contribution in [-0.4, -0.2) is 19.3 Å². The molecule has 0 radical (unpaired) electrons. The minimum Gasteiger partial charge on any atom is -0.381 e. The molecule has 12 heavy (non-hydrogen) atoms. The molecule has 1 atom stereocenters. The van der Waals surface area contributed by atoms with Gasteiger partial charge in [-0.2, -0.15) is 0 Å². The van der Waals surface area contributed by atoms with Crippen LogP contribution in [0.3, 0.4) is 0 Å². The lowest BCUT2D eigenvalue weighted by Gasteiger charge is -2.09. The maximum Gasteiger partial charge on any atom is 0.0480 e. The highest BCUT2D eigenvalue weighted by Crippen LogP contribution is 2.32. The van der Waals surface area contributed by atoms with E-state index in [1.54, 1.807) is 0 Å². The van der Waals surface area contributed by atoms with Crippen LogP contribution in [0.1, 0.15) is 39.0 Å². The number of hydrogen-bond acceptors (Lipinski definition) is 2. The van der Waals surface area contributed by atoms with E-state index in [1.165, 1.54) is 25.7 Å². The molecule has 0 aromatic heterocycles. The first-order valence-corrected chi connectivity index (χ1v) is 5.18. The van der Waals surface area contributed by atoms with E-state index in [-0.39, 0.29) is 0 Å². The lowest BCUT2D eigenvalue weighted by molar-refractivity contribution is 0.123. The Balaban J connectivity index is 1.81. The summed E-state index contributed by atoms with van der Waals surface area (Å²) >= 11 is 0. The van der Waals surface area contributed by atoms with E-state index in [0.717, 1.165) is 25.6 Å². The lowest BCUT2D eigenvalue weighted by Crippen LogP contribution is -2.24. The summed E-state index contributed by atoms with van der Waals surface area (Å²) in [4.78, 5) is 0. The Bertz CT molecular complexity index is 112. The van der Waals surface area contributed by atoms with Gasteiger partial charge < -0.3 is 10.5 Å². The Morgan fingerprint density at radius 3 is 2.75 bits per heavy atom. The zero-order valence-corrected chi connectivity index (χ0v) is 8.09. The van der Waals surface area contributed by atoms with Gasteiger partial charge in [0.05, 0.1) is 0 Å². The van der Waals surface area contributed by atoms with Crippen molar-refractivity contribution in [2.24, 2.45) is 11.7 Å². The van der Waals surface area contributed by atoms with Gasteiger partial charge in [-0.05, 0) is 31.6 Å². The summed E-state index contributed by atoms with van der Waals surface area (Å²) in [6.07, 6.45) is 6.13. The second-order valence-electron chi connectivity index (χ2n) is 3.76. The van der Waals surface area contributed by atoms with Crippen molar-refractivity contribution in [2.45, 2.75) is 45.1 Å². The number of nitrogens with two attached hydrogens (primary N) is 1. The van der Waals surface area contributed by atoms with Crippen LogP contribution in [0, 0.1) is 5.92 Å². The minimum atomic E-state index is 0.409. The average molecular weight is 171 g/mol. The third-order valence-corrected chi connectivity index (χ3v) is 2.47. The van der Waals surface area contributed by atoms with Gasteiger partial charge in [-0.25, -0.2) is 0 Å². The largest absolute Gasteiger partial charge is 0.381 e. The third kappa shape index (κ3) is 4.07. The molecule has 2 nitrogen and oxygen atoms in total. The number of ether oxygens (including phenoxy) is 1. The molecular formula is C10H21NO. The van der Waals surface area contributed by atoms with Crippen LogP contribution in [0.25, 0.3) is 0 Å². The van der Waals surface area contributed by atoms with E-state index in [1.807, 2.05) is 0 Å². The van der Waals surface area contributed by atoms with Gasteiger partial charge in [0.1, 0.15) is 0 Å². The van der Waals surface area contributed by atoms with Crippen LogP contribution in [0.4, 0.5) is 0 Å². The number of hydrogen-bond donors (Lipinski definition) is 1. The zero-order chi connectivity index (χ0) is 8.81. The summed E-state index contributed by atoms with van der Waals surface area (Å²) in [5.41, 5.74) is 5.91. The summed E-state index contributed by atoms with van der Waals surface area (Å²) in [5.74, 6) is 0.819. The Morgan fingerprint density at radius 1 is 1.42 bits per heavy atom. The highest BCUT2D eigenvalue weighted by molar-refractivity contribution is 4.83. The van der Waals surface area contributed by atoms with E-state index < -0.39 is 0 Å². The van der Waals surface area contributed by atoms with Crippen molar-refractivity contribution in [1.82, 2.24) is 0 Å². The first kappa shape index (κ1) is 10.0. The summed E-state index contributed by atoms with van der Waals surface area (Å²) in [6.45, 7) is 3.95. The van der Waals surface area contributed by atoms with Gasteiger partial charge in [-0.1, -0.05) is 13.3 Å². The molecular weight excluding hydrogens is 150 g/mol. The van der Waals surface area contributed by atoms with Crippen LogP contribution >= 0.6 is 0 Å². The monoisotopic (exact) mass is 171 g/mol. The molecule has 1 aliphatic rings. The van der Waals surface area contributed by atoms with Crippen molar-refractivity contribution < 1.29 is 4.74 Å². The molecule has 2 N–H and O–H groups in total. The summed E-state index contributed by atoms with van der Waals surface area (Å²) < 4.78 is 5.44. The van der Waals surface area contributed by atoms with Crippen molar-refractivity contribution >= 4 is 0 Å². The van der Waals surface area contributed by atoms with E-state index >= 15 is 0 Å². The second-order valence-corrected chi connectivity index (χ2v) is 3.76. The zero-order valence-electron chi connectivity index (χ0n) is 8.09. The van der Waals surface area contributed by atoms with Gasteiger partial charge in [0, 0.05) is 19.3 Å². The fourth-order valence-electron chi connectivity index (χ4n) is 1.33. The van der Waals surface area contributed by atoms with Crippen LogP contribution in [-0.2, 0) is 4.74 Å². The van der Waals surface area contributed by atoms with Crippen LogP contribution < -0.4 is 5.73 Å². The average Bonchev–Trinajstić information content (AvgIpc) is 2.86. The summed E-state index contributed by atoms with van der Waals surface area (Å²) in [5, 5.41) is 0. The van der Waals surface area contributed by atoms with Gasteiger partial charge in [-0.3, -0.25) is 0 Å². The fraction of sp³-hybridized carbons (Fsp3) is 1.00. The van der Waals surface area contributed by atoms with Gasteiger partial charge in [0.25, 0.3) is 0 Å². The number of rotatable bonds is 7. The maximum atomic E-state index is 5.91. The van der Waals surface area contributed by atoms with Gasteiger partial charge in [0.2, 0.25) is 0 Å². The highest BCUT2D eigenvalue weighted by atomic mass is 16.5. The molecule has 1 saturated carbocycles. The van der Waals surface area contributed by atoms with Crippen molar-refractivity contribution in [3.8, 4) is 0 Å². The molecule has 2 heteroatoms. The molecule has 72 valence electrons. The molecule has 0 heterocycles. The molecule has 1 unspecified atom stereocenters. The highest BCUT2D eigenvalue weighted by Gasteiger charge is 2.27. The molecule has 0 bridgehead atoms. The summed E-state index contributed by atoms with van der Waals surface area (Å²) in [7, 11) is 0. The predicted molar refractivity (Wildman–Crippen MR) is 51.0 cm³/mol. The Morgan fingerprint density at radius 2 is 2.17 bits per heavy atom. The Labute approximate surface area is 75.5 Å². The normalized spacial score (nSPS) is 19.5. The number of unbranched alkanes of at least 4 members (excludes halogenated alkanes) is 1. The molecule has 0 aromatic carbocycles. The molecule has 0 aromatic rings. The Kier molecular flexibility index (Phi) is 4.62. The molecule has 0 saturated heterocycles. The molecule has 1 rings (SSSR count). The topological polar surface area (TPSA) is 35.2 Å². The van der Waals surface area contributed by atoms with Gasteiger partial charge >= 0.3 is 0 Å². The first-order chi connectivity index (χ1) is 5.84. The molecule has 1 aliphatic carbocycles. The van der Waals surface area contributed by atoms with Gasteiger partial charge in [0.15, 0.2) is 0 Å². The van der Waals surface area contributed by atoms with E-state index in [9.17, 15) is 0 Å². The maximum absolute atomic E-state index is 5.91. The van der Waals surface area contributed by atoms with Crippen molar-refractivity contribution in [3.05, 3.63) is 0 Å². The van der Waals surface area contributed by atoms with Crippen molar-refractivity contribution in [2.75, 3.05) is 13.2 Å². The quantitative estimate of drug-likeness (QED) is 0.594. The lowest BCUT2D eigenvalue weighted by atomic mass is 10.1. The van der Waals surface area contributed by atoms with Gasteiger partial charge in [-0.15, -0.1) is 0 Å². The van der Waals surface area contributed by atoms with Crippen LogP contribution in [0.5, 0.6) is 0 Å². The summed E-state index contributed by atoms with van der Waals surface area (Å²) in [6, 6.07) is 0.409. The third-order valence-electron chi connectivity index (χ3n) is 2.47. The fourth-order valence-corrected chi connectivity index (χ4v) is 1.33. The van der Waals surface area contributed by atoms with Crippen LogP contribution in [0.2, 0.25) is 0 Å². The molecule has 1 fully saturated rings. The van der Waals surface area contributed by atoms with E-state index in [2.05, 4.69) is 6.92 Å². The Hall–Kier alpha value is -0.0800. The van der Waals surface area contributed by atoms with Crippen molar-refractivity contribution in [3.63, 3.8) is 0 Å². The smallest absolute Gasteiger partial charge is 0.0480 e. The standard InChI is InChI=1S/C10H21NO/c1-2-3-7-12-8-6-10(11)9-4-5-9/h9-10H,2-8,11H2,1H3. The van der Waals surface area contributed by atoms with E-state index in [4.69, 9.17) is 10.5 Å². The first-order valence-electron chi connectivity index (χ1n) is 5.18. The van der Waals surface area contributed by atoms with E-state index in [0.29, 0.717) is 6.04 Å². The second kappa shape index (κ2) is 5.55.